The summed E-state index contributed by atoms with van der Waals surface area (Å²) in [6.45, 7) is 0. The normalized spacial score (nSPS) is 36.4. The van der Waals surface area contributed by atoms with Gasteiger partial charge in [0.25, 0.3) is 0 Å². The highest BCUT2D eigenvalue weighted by Gasteiger charge is 2.57. The van der Waals surface area contributed by atoms with Crippen molar-refractivity contribution in [3.05, 3.63) is 11.6 Å². The number of rotatable bonds is 6. The Labute approximate surface area is 170 Å². The van der Waals surface area contributed by atoms with Gasteiger partial charge in [-0.05, 0) is 80.0 Å². The number of amides is 2. The fourth-order valence-electron chi connectivity index (χ4n) is 7.86. The van der Waals surface area contributed by atoms with Crippen LogP contribution in [0.2, 0.25) is 0 Å². The predicted octanol–water partition coefficient (Wildman–Crippen LogP) is 4.21. The molecular weight excluding hydrogens is 370 g/mol. The number of nitrogens with zero attached hydrogens (tertiary/aromatic N) is 1. The number of aromatic nitrogens is 1. The molecule has 0 radical (unpaired) electrons. The lowest BCUT2D eigenvalue weighted by molar-refractivity contribution is -0.144. The van der Waals surface area contributed by atoms with Crippen LogP contribution in [0.1, 0.15) is 64.2 Å². The number of thiazole rings is 1. The maximum absolute atomic E-state index is 12.9. The van der Waals surface area contributed by atoms with E-state index >= 15 is 0 Å². The van der Waals surface area contributed by atoms with E-state index in [1.54, 1.807) is 6.20 Å². The van der Waals surface area contributed by atoms with Gasteiger partial charge in [-0.3, -0.25) is 9.59 Å². The third-order valence-electron chi connectivity index (χ3n) is 8.44. The predicted molar refractivity (Wildman–Crippen MR) is 109 cm³/mol. The van der Waals surface area contributed by atoms with Crippen molar-refractivity contribution in [1.29, 1.82) is 0 Å². The topological polar surface area (TPSA) is 85.1 Å². The first kappa shape index (κ1) is 18.6. The van der Waals surface area contributed by atoms with E-state index < -0.39 is 0 Å². The molecule has 5 nitrogen and oxygen atoms in total. The van der Waals surface area contributed by atoms with Crippen molar-refractivity contribution in [2.75, 3.05) is 5.32 Å². The minimum Gasteiger partial charge on any atom is -0.369 e. The van der Waals surface area contributed by atoms with Gasteiger partial charge in [0.05, 0.1) is 0 Å². The summed E-state index contributed by atoms with van der Waals surface area (Å²) in [6.07, 6.45) is 12.7. The molecule has 1 aromatic rings. The summed E-state index contributed by atoms with van der Waals surface area (Å²) in [5.74, 6) is 3.14. The van der Waals surface area contributed by atoms with E-state index in [9.17, 15) is 9.59 Å². The third kappa shape index (κ3) is 3.17. The standard InChI is InChI=1S/C22H31N3O2S/c23-20(27)19(18-15-8-13-7-14(10-15)11-16(18)9-13)22(3-1-2-4-22)12-17(26)25-21-24-5-6-28-21/h5-6,13-16,18-19H,1-4,7-12H2,(H2,23,27)(H,24,25,26). The van der Waals surface area contributed by atoms with Crippen LogP contribution in [0, 0.1) is 40.9 Å². The van der Waals surface area contributed by atoms with Crippen LogP contribution in [0.3, 0.4) is 0 Å². The highest BCUT2D eigenvalue weighted by atomic mass is 32.1. The van der Waals surface area contributed by atoms with Gasteiger partial charge >= 0.3 is 0 Å². The average molecular weight is 402 g/mol. The monoisotopic (exact) mass is 401 g/mol. The fraction of sp³-hybridized carbons (Fsp3) is 0.773. The average Bonchev–Trinajstić information content (AvgIpc) is 3.29. The largest absolute Gasteiger partial charge is 0.369 e. The number of anilines is 1. The van der Waals surface area contributed by atoms with Gasteiger partial charge in [0.2, 0.25) is 11.8 Å². The van der Waals surface area contributed by atoms with Gasteiger partial charge in [-0.2, -0.15) is 0 Å². The molecule has 6 heteroatoms. The Balaban J connectivity index is 1.41. The molecule has 0 saturated heterocycles. The molecule has 1 atom stereocenters. The second-order valence-corrected chi connectivity index (χ2v) is 10.9. The summed E-state index contributed by atoms with van der Waals surface area (Å²) in [6, 6.07) is 0. The minimum absolute atomic E-state index is 0.00749. The Morgan fingerprint density at radius 2 is 1.79 bits per heavy atom. The Morgan fingerprint density at radius 1 is 1.14 bits per heavy atom. The SMILES string of the molecule is NC(=O)C(C1C2CC3CC(C2)CC1C3)C1(CC(=O)Nc2nccs2)CCCC1. The van der Waals surface area contributed by atoms with Gasteiger partial charge in [0.1, 0.15) is 0 Å². The van der Waals surface area contributed by atoms with Crippen LogP contribution in [-0.4, -0.2) is 16.8 Å². The number of nitrogens with two attached hydrogens (primary N) is 1. The van der Waals surface area contributed by atoms with Crippen LogP contribution in [-0.2, 0) is 9.59 Å². The zero-order valence-electron chi connectivity index (χ0n) is 16.4. The number of carbonyl (C=O) groups is 2. The van der Waals surface area contributed by atoms with E-state index in [-0.39, 0.29) is 23.1 Å². The lowest BCUT2D eigenvalue weighted by atomic mass is 9.46. The summed E-state index contributed by atoms with van der Waals surface area (Å²) < 4.78 is 0. The molecule has 5 fully saturated rings. The van der Waals surface area contributed by atoms with Gasteiger partial charge in [-0.25, -0.2) is 4.98 Å². The molecule has 5 saturated carbocycles. The second kappa shape index (κ2) is 7.12. The van der Waals surface area contributed by atoms with E-state index in [4.69, 9.17) is 5.73 Å². The molecule has 0 spiro atoms. The number of hydrogen-bond donors (Lipinski definition) is 2. The van der Waals surface area contributed by atoms with Crippen molar-refractivity contribution in [2.45, 2.75) is 64.2 Å². The molecule has 3 N–H and O–H groups in total. The molecule has 5 aliphatic rings. The van der Waals surface area contributed by atoms with Crippen molar-refractivity contribution in [3.8, 4) is 0 Å². The third-order valence-corrected chi connectivity index (χ3v) is 9.13. The molecule has 0 aliphatic heterocycles. The molecular formula is C22H31N3O2S. The quantitative estimate of drug-likeness (QED) is 0.749. The Hall–Kier alpha value is -1.43. The summed E-state index contributed by atoms with van der Waals surface area (Å²) in [5.41, 5.74) is 5.86. The first-order valence-electron chi connectivity index (χ1n) is 11.0. The van der Waals surface area contributed by atoms with E-state index in [0.717, 1.165) is 37.5 Å². The molecule has 1 aromatic heterocycles. The molecule has 0 aromatic carbocycles. The van der Waals surface area contributed by atoms with Crippen molar-refractivity contribution >= 4 is 28.3 Å². The van der Waals surface area contributed by atoms with Crippen LogP contribution in [0.25, 0.3) is 0 Å². The Kier molecular flexibility index (Phi) is 4.73. The first-order chi connectivity index (χ1) is 13.5. The van der Waals surface area contributed by atoms with Gasteiger partial charge < -0.3 is 11.1 Å². The smallest absolute Gasteiger partial charge is 0.226 e. The molecule has 28 heavy (non-hydrogen) atoms. The minimum atomic E-state index is -0.257. The van der Waals surface area contributed by atoms with Gasteiger partial charge in [0.15, 0.2) is 5.13 Å². The van der Waals surface area contributed by atoms with Crippen LogP contribution < -0.4 is 11.1 Å². The van der Waals surface area contributed by atoms with Crippen molar-refractivity contribution in [3.63, 3.8) is 0 Å². The highest BCUT2D eigenvalue weighted by Crippen LogP contribution is 2.62. The Bertz CT molecular complexity index is 713. The summed E-state index contributed by atoms with van der Waals surface area (Å²) in [4.78, 5) is 30.0. The van der Waals surface area contributed by atoms with Crippen LogP contribution >= 0.6 is 11.3 Å². The number of primary amides is 1. The number of nitrogens with one attached hydrogen (secondary N) is 1. The number of hydrogen-bond acceptors (Lipinski definition) is 4. The van der Waals surface area contributed by atoms with E-state index in [2.05, 4.69) is 10.3 Å². The van der Waals surface area contributed by atoms with Gasteiger partial charge in [-0.1, -0.05) is 12.8 Å². The maximum atomic E-state index is 12.9. The van der Waals surface area contributed by atoms with E-state index in [1.807, 2.05) is 5.38 Å². The summed E-state index contributed by atoms with van der Waals surface area (Å²) >= 11 is 1.43. The van der Waals surface area contributed by atoms with Crippen molar-refractivity contribution in [1.82, 2.24) is 4.98 Å². The van der Waals surface area contributed by atoms with Gasteiger partial charge in [0, 0.05) is 23.9 Å². The second-order valence-electron chi connectivity index (χ2n) is 10.0. The zero-order valence-corrected chi connectivity index (χ0v) is 17.3. The van der Waals surface area contributed by atoms with Crippen LogP contribution in [0.5, 0.6) is 0 Å². The van der Waals surface area contributed by atoms with Crippen LogP contribution in [0.4, 0.5) is 5.13 Å². The lowest BCUT2D eigenvalue weighted by Gasteiger charge is -2.58. The van der Waals surface area contributed by atoms with E-state index in [1.165, 1.54) is 43.4 Å². The zero-order chi connectivity index (χ0) is 19.3. The number of carbonyl (C=O) groups excluding carboxylic acids is 2. The van der Waals surface area contributed by atoms with Crippen molar-refractivity contribution < 1.29 is 9.59 Å². The molecule has 1 heterocycles. The van der Waals surface area contributed by atoms with Crippen molar-refractivity contribution in [2.24, 2.45) is 46.7 Å². The summed E-state index contributed by atoms with van der Waals surface area (Å²) in [7, 11) is 0. The molecule has 1 unspecified atom stereocenters. The van der Waals surface area contributed by atoms with E-state index in [0.29, 0.717) is 29.3 Å². The maximum Gasteiger partial charge on any atom is 0.226 e. The fourth-order valence-corrected chi connectivity index (χ4v) is 8.40. The first-order valence-corrected chi connectivity index (χ1v) is 11.9. The molecule has 4 bridgehead atoms. The highest BCUT2D eigenvalue weighted by molar-refractivity contribution is 7.13. The molecule has 5 aliphatic carbocycles. The molecule has 6 rings (SSSR count). The summed E-state index contributed by atoms with van der Waals surface area (Å²) in [5, 5.41) is 5.46. The Morgan fingerprint density at radius 3 is 2.32 bits per heavy atom. The van der Waals surface area contributed by atoms with Crippen LogP contribution in [0.15, 0.2) is 11.6 Å². The lowest BCUT2D eigenvalue weighted by Crippen LogP contribution is -2.54. The molecule has 2 amide bonds. The van der Waals surface area contributed by atoms with Gasteiger partial charge in [-0.15, -0.1) is 11.3 Å². The molecule has 152 valence electrons.